The molecule has 0 aliphatic heterocycles. The first kappa shape index (κ1) is 12.5. The summed E-state index contributed by atoms with van der Waals surface area (Å²) in [6.45, 7) is 2.04. The van der Waals surface area contributed by atoms with Gasteiger partial charge in [-0.25, -0.2) is 4.79 Å². The van der Waals surface area contributed by atoms with Crippen molar-refractivity contribution in [2.24, 2.45) is 0 Å². The molecule has 2 aromatic rings. The zero-order valence-corrected chi connectivity index (χ0v) is 12.1. The second-order valence-electron chi connectivity index (χ2n) is 4.99. The molecule has 98 valence electrons. The number of carboxylic acids is 1. The number of hydrogen-bond acceptors (Lipinski definition) is 1. The van der Waals surface area contributed by atoms with Crippen molar-refractivity contribution in [2.45, 2.75) is 25.8 Å². The number of aryl methyl sites for hydroxylation is 1. The van der Waals surface area contributed by atoms with Crippen LogP contribution in [-0.4, -0.2) is 15.6 Å². The number of hydrogen-bond donors (Lipinski definition) is 1. The number of benzene rings is 1. The first-order chi connectivity index (χ1) is 9.08. The molecule has 0 bridgehead atoms. The molecule has 1 heterocycles. The van der Waals surface area contributed by atoms with Crippen molar-refractivity contribution in [1.82, 2.24) is 4.57 Å². The number of aromatic carboxylic acids is 1. The standard InChI is InChI=1S/C15H14BrNO2/c1-9-2-5-12(16)11(8-9)13-6-7-14(15(18)19)17(13)10-3-4-10/h2,5-8,10H,3-4H2,1H3,(H,18,19). The van der Waals surface area contributed by atoms with Crippen LogP contribution >= 0.6 is 15.9 Å². The van der Waals surface area contributed by atoms with Gasteiger partial charge in [0.25, 0.3) is 0 Å². The highest BCUT2D eigenvalue weighted by Crippen LogP contribution is 2.42. The van der Waals surface area contributed by atoms with Crippen molar-refractivity contribution in [2.75, 3.05) is 0 Å². The molecule has 1 aromatic carbocycles. The van der Waals surface area contributed by atoms with Gasteiger partial charge in [0.1, 0.15) is 5.69 Å². The lowest BCUT2D eigenvalue weighted by molar-refractivity contribution is 0.0685. The molecule has 0 spiro atoms. The van der Waals surface area contributed by atoms with Crippen LogP contribution < -0.4 is 0 Å². The van der Waals surface area contributed by atoms with Gasteiger partial charge in [0.15, 0.2) is 0 Å². The van der Waals surface area contributed by atoms with Crippen molar-refractivity contribution in [3.05, 3.63) is 46.1 Å². The van der Waals surface area contributed by atoms with E-state index in [0.717, 1.165) is 28.6 Å². The van der Waals surface area contributed by atoms with Gasteiger partial charge >= 0.3 is 5.97 Å². The smallest absolute Gasteiger partial charge is 0.352 e. The zero-order valence-electron chi connectivity index (χ0n) is 10.6. The first-order valence-electron chi connectivity index (χ1n) is 6.29. The van der Waals surface area contributed by atoms with E-state index in [9.17, 15) is 9.90 Å². The fourth-order valence-corrected chi connectivity index (χ4v) is 2.85. The van der Waals surface area contributed by atoms with Gasteiger partial charge < -0.3 is 9.67 Å². The van der Waals surface area contributed by atoms with Gasteiger partial charge in [0.2, 0.25) is 0 Å². The average Bonchev–Trinajstić information content (AvgIpc) is 3.11. The minimum absolute atomic E-state index is 0.337. The van der Waals surface area contributed by atoms with Gasteiger partial charge in [-0.05, 0) is 44.0 Å². The summed E-state index contributed by atoms with van der Waals surface area (Å²) < 4.78 is 2.96. The van der Waals surface area contributed by atoms with Crippen LogP contribution in [0.2, 0.25) is 0 Å². The Hall–Kier alpha value is -1.55. The topological polar surface area (TPSA) is 42.2 Å². The number of rotatable bonds is 3. The van der Waals surface area contributed by atoms with Crippen LogP contribution in [0.15, 0.2) is 34.8 Å². The molecule has 3 nitrogen and oxygen atoms in total. The lowest BCUT2D eigenvalue weighted by Crippen LogP contribution is -2.08. The molecule has 1 saturated carbocycles. The lowest BCUT2D eigenvalue weighted by Gasteiger charge is -2.12. The Labute approximate surface area is 120 Å². The molecule has 1 aliphatic carbocycles. The van der Waals surface area contributed by atoms with Gasteiger partial charge in [-0.2, -0.15) is 0 Å². The summed E-state index contributed by atoms with van der Waals surface area (Å²) in [5, 5.41) is 9.29. The van der Waals surface area contributed by atoms with E-state index >= 15 is 0 Å². The summed E-state index contributed by atoms with van der Waals surface area (Å²) in [5.74, 6) is -0.859. The highest BCUT2D eigenvalue weighted by molar-refractivity contribution is 9.10. The van der Waals surface area contributed by atoms with E-state index in [-0.39, 0.29) is 0 Å². The zero-order chi connectivity index (χ0) is 13.6. The maximum absolute atomic E-state index is 11.3. The summed E-state index contributed by atoms with van der Waals surface area (Å²) in [6.07, 6.45) is 2.12. The highest BCUT2D eigenvalue weighted by Gasteiger charge is 2.30. The third-order valence-electron chi connectivity index (χ3n) is 3.45. The van der Waals surface area contributed by atoms with E-state index in [0.29, 0.717) is 11.7 Å². The molecule has 0 saturated heterocycles. The Morgan fingerprint density at radius 3 is 2.68 bits per heavy atom. The summed E-state index contributed by atoms with van der Waals surface area (Å²) in [6, 6.07) is 10.1. The van der Waals surface area contributed by atoms with Crippen molar-refractivity contribution >= 4 is 21.9 Å². The molecule has 1 aromatic heterocycles. The first-order valence-corrected chi connectivity index (χ1v) is 7.08. The molecule has 0 amide bonds. The Kier molecular flexibility index (Phi) is 2.97. The van der Waals surface area contributed by atoms with Crippen LogP contribution in [0.1, 0.15) is 34.9 Å². The predicted molar refractivity (Wildman–Crippen MR) is 77.5 cm³/mol. The SMILES string of the molecule is Cc1ccc(Br)c(-c2ccc(C(=O)O)n2C2CC2)c1. The number of halogens is 1. The minimum Gasteiger partial charge on any atom is -0.477 e. The Morgan fingerprint density at radius 2 is 2.05 bits per heavy atom. The van der Waals surface area contributed by atoms with Crippen LogP contribution in [0, 0.1) is 6.92 Å². The van der Waals surface area contributed by atoms with Crippen LogP contribution in [0.4, 0.5) is 0 Å². The number of carboxylic acid groups (broad SMARTS) is 1. The van der Waals surface area contributed by atoms with Gasteiger partial charge in [-0.15, -0.1) is 0 Å². The van der Waals surface area contributed by atoms with Gasteiger partial charge in [-0.1, -0.05) is 27.6 Å². The van der Waals surface area contributed by atoms with Crippen LogP contribution in [0.5, 0.6) is 0 Å². The maximum Gasteiger partial charge on any atom is 0.352 e. The molecule has 0 unspecified atom stereocenters. The van der Waals surface area contributed by atoms with Crippen LogP contribution in [0.25, 0.3) is 11.3 Å². The number of aromatic nitrogens is 1. The maximum atomic E-state index is 11.3. The molecule has 19 heavy (non-hydrogen) atoms. The molecule has 1 fully saturated rings. The van der Waals surface area contributed by atoms with Gasteiger partial charge in [0.05, 0.1) is 5.69 Å². The number of carbonyl (C=O) groups is 1. The minimum atomic E-state index is -0.859. The quantitative estimate of drug-likeness (QED) is 0.918. The van der Waals surface area contributed by atoms with Crippen molar-refractivity contribution in [3.63, 3.8) is 0 Å². The second-order valence-corrected chi connectivity index (χ2v) is 5.85. The van der Waals surface area contributed by atoms with E-state index < -0.39 is 5.97 Å². The fourth-order valence-electron chi connectivity index (χ4n) is 2.40. The monoisotopic (exact) mass is 319 g/mol. The van der Waals surface area contributed by atoms with Crippen molar-refractivity contribution in [1.29, 1.82) is 0 Å². The third-order valence-corrected chi connectivity index (χ3v) is 4.14. The van der Waals surface area contributed by atoms with Crippen LogP contribution in [0.3, 0.4) is 0 Å². The van der Waals surface area contributed by atoms with E-state index in [1.54, 1.807) is 6.07 Å². The molecule has 1 aliphatic rings. The van der Waals surface area contributed by atoms with E-state index in [1.807, 2.05) is 29.7 Å². The number of nitrogens with zero attached hydrogens (tertiary/aromatic N) is 1. The Balaban J connectivity index is 2.20. The van der Waals surface area contributed by atoms with Gasteiger partial charge in [-0.3, -0.25) is 0 Å². The van der Waals surface area contributed by atoms with Crippen LogP contribution in [-0.2, 0) is 0 Å². The summed E-state index contributed by atoms with van der Waals surface area (Å²) >= 11 is 3.56. The molecule has 4 heteroatoms. The predicted octanol–water partition coefficient (Wildman–Crippen LogP) is 4.26. The summed E-state index contributed by atoms with van der Waals surface area (Å²) in [4.78, 5) is 11.3. The van der Waals surface area contributed by atoms with Crippen molar-refractivity contribution in [3.8, 4) is 11.3 Å². The summed E-state index contributed by atoms with van der Waals surface area (Å²) in [5.41, 5.74) is 3.58. The molecular weight excluding hydrogens is 306 g/mol. The normalized spacial score (nSPS) is 14.6. The summed E-state index contributed by atoms with van der Waals surface area (Å²) in [7, 11) is 0. The van der Waals surface area contributed by atoms with Gasteiger partial charge in [0, 0.05) is 16.1 Å². The Bertz CT molecular complexity index is 656. The average molecular weight is 320 g/mol. The molecule has 0 atom stereocenters. The lowest BCUT2D eigenvalue weighted by atomic mass is 10.1. The van der Waals surface area contributed by atoms with E-state index in [1.165, 1.54) is 5.56 Å². The third kappa shape index (κ3) is 2.21. The van der Waals surface area contributed by atoms with E-state index in [2.05, 4.69) is 22.0 Å². The molecule has 0 radical (unpaired) electrons. The second kappa shape index (κ2) is 4.53. The fraction of sp³-hybridized carbons (Fsp3) is 0.267. The molecular formula is C15H14BrNO2. The van der Waals surface area contributed by atoms with E-state index in [4.69, 9.17) is 0 Å². The highest BCUT2D eigenvalue weighted by atomic mass is 79.9. The Morgan fingerprint density at radius 1 is 1.32 bits per heavy atom. The molecule has 3 rings (SSSR count). The largest absolute Gasteiger partial charge is 0.477 e. The van der Waals surface area contributed by atoms with Crippen molar-refractivity contribution < 1.29 is 9.90 Å². The molecule has 1 N–H and O–H groups in total.